The second-order valence-corrected chi connectivity index (χ2v) is 8.26. The Balaban J connectivity index is 1.51. The predicted octanol–water partition coefficient (Wildman–Crippen LogP) is 2.47. The molecule has 0 spiro atoms. The number of carbonyl (C=O) groups excluding carboxylic acids is 1. The Bertz CT molecular complexity index is 882. The zero-order valence-electron chi connectivity index (χ0n) is 14.7. The van der Waals surface area contributed by atoms with Crippen molar-refractivity contribution >= 4 is 15.9 Å². The summed E-state index contributed by atoms with van der Waals surface area (Å²) in [5, 5.41) is 0. The minimum Gasteiger partial charge on any atom is -0.272 e. The molecule has 2 aromatic rings. The first-order valence-corrected chi connectivity index (χ1v) is 10.1. The maximum absolute atomic E-state index is 13.8. The topological polar surface area (TPSA) is 75.7 Å². The lowest BCUT2D eigenvalue weighted by Gasteiger charge is -2.30. The summed E-state index contributed by atoms with van der Waals surface area (Å²) in [7, 11) is -3.90. The van der Waals surface area contributed by atoms with Gasteiger partial charge in [-0.05, 0) is 30.5 Å². The first kappa shape index (κ1) is 19.5. The van der Waals surface area contributed by atoms with Crippen LogP contribution in [0.2, 0.25) is 0 Å². The van der Waals surface area contributed by atoms with Gasteiger partial charge in [-0.15, -0.1) is 0 Å². The Morgan fingerprint density at radius 1 is 1.07 bits per heavy atom. The molecule has 1 aliphatic rings. The summed E-state index contributed by atoms with van der Waals surface area (Å²) < 4.78 is 40.2. The van der Waals surface area contributed by atoms with Crippen molar-refractivity contribution in [2.75, 3.05) is 13.1 Å². The summed E-state index contributed by atoms with van der Waals surface area (Å²) in [6.07, 6.45) is 0.711. The number of hydrogen-bond acceptors (Lipinski definition) is 4. The second-order valence-electron chi connectivity index (χ2n) is 6.35. The molecule has 1 heterocycles. The monoisotopic (exact) mass is 392 g/mol. The van der Waals surface area contributed by atoms with Crippen molar-refractivity contribution in [2.24, 2.45) is 5.92 Å². The summed E-state index contributed by atoms with van der Waals surface area (Å²) in [5.41, 5.74) is 3.36. The van der Waals surface area contributed by atoms with Crippen LogP contribution in [0.25, 0.3) is 0 Å². The Hall–Kier alpha value is -2.29. The molecule has 2 aromatic carbocycles. The fraction of sp³-hybridized carbons (Fsp3) is 0.316. The Labute approximate surface area is 158 Å². The molecular weight excluding hydrogens is 371 g/mol. The van der Waals surface area contributed by atoms with Gasteiger partial charge in [0.2, 0.25) is 15.9 Å². The van der Waals surface area contributed by atoms with Gasteiger partial charge in [-0.2, -0.15) is 4.31 Å². The summed E-state index contributed by atoms with van der Waals surface area (Å²) in [5.74, 6) is -1.38. The molecule has 0 bridgehead atoms. The standard InChI is InChI=1S/C19H21FN2O4S/c20-17-8-4-5-9-18(17)27(24,25)22-12-10-16(11-13-22)19(23)21-26-14-15-6-2-1-3-7-15/h1-9,16H,10-14H2,(H,21,23). The van der Waals surface area contributed by atoms with Gasteiger partial charge in [-0.3, -0.25) is 9.63 Å². The molecule has 1 N–H and O–H groups in total. The summed E-state index contributed by atoms with van der Waals surface area (Å²) in [6, 6.07) is 14.7. The number of sulfonamides is 1. The zero-order valence-corrected chi connectivity index (χ0v) is 15.5. The minimum absolute atomic E-state index is 0.160. The molecule has 144 valence electrons. The number of carbonyl (C=O) groups is 1. The molecule has 0 atom stereocenters. The summed E-state index contributed by atoms with van der Waals surface area (Å²) in [6.45, 7) is 0.577. The van der Waals surface area contributed by atoms with Gasteiger partial charge in [0.25, 0.3) is 0 Å². The van der Waals surface area contributed by atoms with E-state index < -0.39 is 15.8 Å². The molecule has 1 fully saturated rings. The van der Waals surface area contributed by atoms with Crippen LogP contribution in [0.5, 0.6) is 0 Å². The average Bonchev–Trinajstić information content (AvgIpc) is 2.69. The van der Waals surface area contributed by atoms with Crippen LogP contribution >= 0.6 is 0 Å². The molecule has 1 saturated heterocycles. The average molecular weight is 392 g/mol. The van der Waals surface area contributed by atoms with Crippen molar-refractivity contribution in [3.8, 4) is 0 Å². The smallest absolute Gasteiger partial charge is 0.246 e. The fourth-order valence-corrected chi connectivity index (χ4v) is 4.53. The third kappa shape index (κ3) is 4.71. The van der Waals surface area contributed by atoms with E-state index in [9.17, 15) is 17.6 Å². The van der Waals surface area contributed by atoms with E-state index in [1.165, 1.54) is 22.5 Å². The first-order chi connectivity index (χ1) is 13.0. The third-order valence-electron chi connectivity index (χ3n) is 4.53. The van der Waals surface area contributed by atoms with E-state index in [-0.39, 0.29) is 36.4 Å². The summed E-state index contributed by atoms with van der Waals surface area (Å²) in [4.78, 5) is 17.1. The van der Waals surface area contributed by atoms with Crippen molar-refractivity contribution in [3.05, 3.63) is 66.0 Å². The number of amides is 1. The maximum Gasteiger partial charge on any atom is 0.246 e. The van der Waals surface area contributed by atoms with Gasteiger partial charge in [-0.1, -0.05) is 42.5 Å². The molecule has 27 heavy (non-hydrogen) atoms. The molecule has 1 aliphatic heterocycles. The van der Waals surface area contributed by atoms with Crippen molar-refractivity contribution in [1.29, 1.82) is 0 Å². The van der Waals surface area contributed by atoms with Gasteiger partial charge in [0, 0.05) is 19.0 Å². The normalized spacial score (nSPS) is 16.2. The number of halogens is 1. The van der Waals surface area contributed by atoms with Crippen LogP contribution < -0.4 is 5.48 Å². The summed E-state index contributed by atoms with van der Waals surface area (Å²) >= 11 is 0. The molecule has 0 unspecified atom stereocenters. The fourth-order valence-electron chi connectivity index (χ4n) is 3.00. The van der Waals surface area contributed by atoms with E-state index >= 15 is 0 Å². The highest BCUT2D eigenvalue weighted by Crippen LogP contribution is 2.25. The lowest BCUT2D eigenvalue weighted by molar-refractivity contribution is -0.140. The second kappa shape index (κ2) is 8.60. The van der Waals surface area contributed by atoms with E-state index in [1.807, 2.05) is 30.3 Å². The molecular formula is C19H21FN2O4S. The number of nitrogens with zero attached hydrogens (tertiary/aromatic N) is 1. The molecule has 0 aromatic heterocycles. The maximum atomic E-state index is 13.8. The van der Waals surface area contributed by atoms with Gasteiger partial charge in [0.1, 0.15) is 10.7 Å². The van der Waals surface area contributed by atoms with E-state index in [2.05, 4.69) is 5.48 Å². The van der Waals surface area contributed by atoms with Crippen molar-refractivity contribution < 1.29 is 22.4 Å². The highest BCUT2D eigenvalue weighted by atomic mass is 32.2. The zero-order chi connectivity index (χ0) is 19.3. The SMILES string of the molecule is O=C(NOCc1ccccc1)C1CCN(S(=O)(=O)c2ccccc2F)CC1. The van der Waals surface area contributed by atoms with E-state index in [0.29, 0.717) is 12.8 Å². The van der Waals surface area contributed by atoms with Gasteiger partial charge in [-0.25, -0.2) is 18.3 Å². The van der Waals surface area contributed by atoms with Crippen molar-refractivity contribution in [2.45, 2.75) is 24.3 Å². The number of nitrogens with one attached hydrogen (secondary N) is 1. The molecule has 6 nitrogen and oxygen atoms in total. The van der Waals surface area contributed by atoms with E-state index in [4.69, 9.17) is 4.84 Å². The number of benzene rings is 2. The van der Waals surface area contributed by atoms with Crippen LogP contribution in [0, 0.1) is 11.7 Å². The van der Waals surface area contributed by atoms with Crippen LogP contribution in [0.15, 0.2) is 59.5 Å². The van der Waals surface area contributed by atoms with Crippen LogP contribution in [0.3, 0.4) is 0 Å². The van der Waals surface area contributed by atoms with Crippen molar-refractivity contribution in [3.63, 3.8) is 0 Å². The van der Waals surface area contributed by atoms with Crippen molar-refractivity contribution in [1.82, 2.24) is 9.79 Å². The van der Waals surface area contributed by atoms with Gasteiger partial charge < -0.3 is 0 Å². The largest absolute Gasteiger partial charge is 0.272 e. The van der Waals surface area contributed by atoms with Gasteiger partial charge in [0.05, 0.1) is 6.61 Å². The molecule has 0 aliphatic carbocycles. The van der Waals surface area contributed by atoms with E-state index in [1.54, 1.807) is 0 Å². The van der Waals surface area contributed by atoms with Gasteiger partial charge >= 0.3 is 0 Å². The minimum atomic E-state index is -3.90. The van der Waals surface area contributed by atoms with E-state index in [0.717, 1.165) is 11.6 Å². The Kier molecular flexibility index (Phi) is 6.20. The number of rotatable bonds is 6. The quantitative estimate of drug-likeness (QED) is 0.767. The van der Waals surface area contributed by atoms with Crippen LogP contribution in [-0.2, 0) is 26.3 Å². The van der Waals surface area contributed by atoms with Crippen LogP contribution in [0.4, 0.5) is 4.39 Å². The Morgan fingerprint density at radius 3 is 2.37 bits per heavy atom. The van der Waals surface area contributed by atoms with Gasteiger partial charge in [0.15, 0.2) is 0 Å². The third-order valence-corrected chi connectivity index (χ3v) is 6.47. The lowest BCUT2D eigenvalue weighted by Crippen LogP contribution is -2.43. The molecule has 0 saturated carbocycles. The molecule has 0 radical (unpaired) electrons. The van der Waals surface area contributed by atoms with Crippen LogP contribution in [0.1, 0.15) is 18.4 Å². The number of hydroxylamine groups is 1. The highest BCUT2D eigenvalue weighted by Gasteiger charge is 2.33. The first-order valence-electron chi connectivity index (χ1n) is 8.69. The molecule has 8 heteroatoms. The van der Waals surface area contributed by atoms with Crippen LogP contribution in [-0.4, -0.2) is 31.7 Å². The number of piperidine rings is 1. The molecule has 3 rings (SSSR count). The highest BCUT2D eigenvalue weighted by molar-refractivity contribution is 7.89. The molecule has 1 amide bonds. The predicted molar refractivity (Wildman–Crippen MR) is 97.3 cm³/mol. The lowest BCUT2D eigenvalue weighted by atomic mass is 9.98. The number of hydrogen-bond donors (Lipinski definition) is 1. The Morgan fingerprint density at radius 2 is 1.70 bits per heavy atom.